The maximum atomic E-state index is 10.8. The number of nitrogens with one attached hydrogen (secondary N) is 1. The molecule has 15 heavy (non-hydrogen) atoms. The van der Waals surface area contributed by atoms with E-state index in [1.807, 2.05) is 6.92 Å². The molecule has 90 valence electrons. The summed E-state index contributed by atoms with van der Waals surface area (Å²) in [5.41, 5.74) is 0. The van der Waals surface area contributed by atoms with Crippen LogP contribution in [0, 0.1) is 0 Å². The van der Waals surface area contributed by atoms with Crippen molar-refractivity contribution in [3.63, 3.8) is 0 Å². The van der Waals surface area contributed by atoms with E-state index in [4.69, 9.17) is 14.6 Å². The zero-order chi connectivity index (χ0) is 11.5. The molecule has 0 aromatic heterocycles. The number of hydrogen-bond acceptors (Lipinski definition) is 5. The van der Waals surface area contributed by atoms with Crippen LogP contribution in [0.4, 0.5) is 0 Å². The SMILES string of the molecule is CCOCCNCCCOC(=O)[C@H](C)O. The fraction of sp³-hybridized carbons (Fsp3) is 0.900. The molecule has 2 N–H and O–H groups in total. The highest BCUT2D eigenvalue weighted by Gasteiger charge is 2.08. The Balaban J connectivity index is 3.08. The van der Waals surface area contributed by atoms with Crippen LogP contribution in [0.15, 0.2) is 0 Å². The average molecular weight is 219 g/mol. The summed E-state index contributed by atoms with van der Waals surface area (Å²) in [6.45, 7) is 6.69. The normalized spacial score (nSPS) is 12.5. The number of rotatable bonds is 9. The van der Waals surface area contributed by atoms with Crippen LogP contribution in [0.5, 0.6) is 0 Å². The van der Waals surface area contributed by atoms with Gasteiger partial charge in [-0.05, 0) is 26.8 Å². The molecule has 0 radical (unpaired) electrons. The molecule has 0 aliphatic rings. The van der Waals surface area contributed by atoms with Gasteiger partial charge >= 0.3 is 5.97 Å². The van der Waals surface area contributed by atoms with Gasteiger partial charge in [-0.2, -0.15) is 0 Å². The van der Waals surface area contributed by atoms with Gasteiger partial charge in [-0.1, -0.05) is 0 Å². The van der Waals surface area contributed by atoms with Crippen molar-refractivity contribution in [2.45, 2.75) is 26.4 Å². The maximum absolute atomic E-state index is 10.8. The summed E-state index contributed by atoms with van der Waals surface area (Å²) < 4.78 is 9.90. The Hall–Kier alpha value is -0.650. The van der Waals surface area contributed by atoms with Crippen molar-refractivity contribution < 1.29 is 19.4 Å². The minimum atomic E-state index is -1.03. The Morgan fingerprint density at radius 1 is 1.40 bits per heavy atom. The maximum Gasteiger partial charge on any atom is 0.334 e. The molecule has 5 heteroatoms. The fourth-order valence-corrected chi connectivity index (χ4v) is 0.904. The van der Waals surface area contributed by atoms with Gasteiger partial charge in [0.2, 0.25) is 0 Å². The molecule has 0 heterocycles. The van der Waals surface area contributed by atoms with Crippen molar-refractivity contribution in [3.8, 4) is 0 Å². The van der Waals surface area contributed by atoms with E-state index >= 15 is 0 Å². The van der Waals surface area contributed by atoms with E-state index < -0.39 is 12.1 Å². The number of esters is 1. The zero-order valence-electron chi connectivity index (χ0n) is 9.49. The van der Waals surface area contributed by atoms with Crippen molar-refractivity contribution >= 4 is 5.97 Å². The summed E-state index contributed by atoms with van der Waals surface area (Å²) in [4.78, 5) is 10.8. The van der Waals surface area contributed by atoms with Crippen LogP contribution in [0.2, 0.25) is 0 Å². The first-order valence-corrected chi connectivity index (χ1v) is 5.31. The number of ether oxygens (including phenoxy) is 2. The Morgan fingerprint density at radius 2 is 2.13 bits per heavy atom. The number of carbonyl (C=O) groups is 1. The van der Waals surface area contributed by atoms with Gasteiger partial charge in [-0.3, -0.25) is 0 Å². The second kappa shape index (κ2) is 9.89. The molecule has 0 aromatic carbocycles. The molecule has 0 spiro atoms. The number of aliphatic hydroxyl groups is 1. The van der Waals surface area contributed by atoms with Gasteiger partial charge in [-0.25, -0.2) is 4.79 Å². The van der Waals surface area contributed by atoms with E-state index in [-0.39, 0.29) is 0 Å². The molecule has 0 bridgehead atoms. The molecule has 5 nitrogen and oxygen atoms in total. The highest BCUT2D eigenvalue weighted by molar-refractivity contribution is 5.73. The van der Waals surface area contributed by atoms with E-state index in [2.05, 4.69) is 5.32 Å². The van der Waals surface area contributed by atoms with Gasteiger partial charge in [-0.15, -0.1) is 0 Å². The summed E-state index contributed by atoms with van der Waals surface area (Å²) in [5.74, 6) is -0.565. The van der Waals surface area contributed by atoms with Crippen LogP contribution in [-0.2, 0) is 14.3 Å². The monoisotopic (exact) mass is 219 g/mol. The lowest BCUT2D eigenvalue weighted by Crippen LogP contribution is -2.24. The van der Waals surface area contributed by atoms with Crippen molar-refractivity contribution in [2.75, 3.05) is 32.9 Å². The third kappa shape index (κ3) is 9.65. The molecule has 0 rings (SSSR count). The van der Waals surface area contributed by atoms with Gasteiger partial charge in [0.25, 0.3) is 0 Å². The first kappa shape index (κ1) is 14.3. The summed E-state index contributed by atoms with van der Waals surface area (Å²) in [6.07, 6.45) is -0.291. The van der Waals surface area contributed by atoms with Gasteiger partial charge in [0.15, 0.2) is 0 Å². The predicted molar refractivity (Wildman–Crippen MR) is 56.6 cm³/mol. The Bertz CT molecular complexity index is 162. The molecule has 0 amide bonds. The third-order valence-electron chi connectivity index (χ3n) is 1.71. The molecule has 0 aliphatic carbocycles. The van der Waals surface area contributed by atoms with Crippen molar-refractivity contribution in [2.24, 2.45) is 0 Å². The molecule has 0 aliphatic heterocycles. The lowest BCUT2D eigenvalue weighted by molar-refractivity contribution is -0.152. The Labute approximate surface area is 90.8 Å². The van der Waals surface area contributed by atoms with Gasteiger partial charge in [0.05, 0.1) is 13.2 Å². The van der Waals surface area contributed by atoms with Gasteiger partial charge < -0.3 is 19.9 Å². The Morgan fingerprint density at radius 3 is 2.73 bits per heavy atom. The second-order valence-corrected chi connectivity index (χ2v) is 3.14. The highest BCUT2D eigenvalue weighted by Crippen LogP contribution is 1.88. The van der Waals surface area contributed by atoms with Crippen LogP contribution in [0.1, 0.15) is 20.3 Å². The largest absolute Gasteiger partial charge is 0.464 e. The first-order valence-electron chi connectivity index (χ1n) is 5.31. The van der Waals surface area contributed by atoms with E-state index in [0.29, 0.717) is 13.2 Å². The van der Waals surface area contributed by atoms with E-state index in [9.17, 15) is 4.79 Å². The first-order chi connectivity index (χ1) is 7.18. The smallest absolute Gasteiger partial charge is 0.334 e. The fourth-order valence-electron chi connectivity index (χ4n) is 0.904. The van der Waals surface area contributed by atoms with E-state index in [1.165, 1.54) is 6.92 Å². The van der Waals surface area contributed by atoms with Gasteiger partial charge in [0, 0.05) is 13.2 Å². The quantitative estimate of drug-likeness (QED) is 0.419. The average Bonchev–Trinajstić information content (AvgIpc) is 2.21. The third-order valence-corrected chi connectivity index (χ3v) is 1.71. The molecule has 0 saturated heterocycles. The number of hydrogen-bond donors (Lipinski definition) is 2. The molecule has 0 aromatic rings. The Kier molecular flexibility index (Phi) is 9.46. The topological polar surface area (TPSA) is 67.8 Å². The van der Waals surface area contributed by atoms with Crippen molar-refractivity contribution in [1.82, 2.24) is 5.32 Å². The van der Waals surface area contributed by atoms with Crippen LogP contribution < -0.4 is 5.32 Å². The summed E-state index contributed by atoms with van der Waals surface area (Å²) in [7, 11) is 0. The second-order valence-electron chi connectivity index (χ2n) is 3.14. The van der Waals surface area contributed by atoms with Gasteiger partial charge in [0.1, 0.15) is 6.10 Å². The predicted octanol–water partition coefficient (Wildman–Crippen LogP) is -0.0734. The minimum Gasteiger partial charge on any atom is -0.464 e. The molecule has 1 atom stereocenters. The van der Waals surface area contributed by atoms with Crippen molar-refractivity contribution in [1.29, 1.82) is 0 Å². The molecule has 0 saturated carbocycles. The van der Waals surface area contributed by atoms with Crippen LogP contribution >= 0.6 is 0 Å². The number of aliphatic hydroxyl groups excluding tert-OH is 1. The standard InChI is InChI=1S/C10H21NO4/c1-3-14-8-6-11-5-4-7-15-10(13)9(2)12/h9,11-12H,3-8H2,1-2H3/t9-/m0/s1. The zero-order valence-corrected chi connectivity index (χ0v) is 9.49. The summed E-state index contributed by atoms with van der Waals surface area (Å²) >= 11 is 0. The lowest BCUT2D eigenvalue weighted by atomic mass is 10.4. The van der Waals surface area contributed by atoms with Crippen LogP contribution in [0.3, 0.4) is 0 Å². The highest BCUT2D eigenvalue weighted by atomic mass is 16.5. The van der Waals surface area contributed by atoms with Crippen LogP contribution in [0.25, 0.3) is 0 Å². The van der Waals surface area contributed by atoms with E-state index in [1.54, 1.807) is 0 Å². The number of carbonyl (C=O) groups excluding carboxylic acids is 1. The van der Waals surface area contributed by atoms with Crippen LogP contribution in [-0.4, -0.2) is 50.1 Å². The molecular formula is C10H21NO4. The lowest BCUT2D eigenvalue weighted by Gasteiger charge is -2.07. The molecular weight excluding hydrogens is 198 g/mol. The molecule has 0 unspecified atom stereocenters. The summed E-state index contributed by atoms with van der Waals surface area (Å²) in [5, 5.41) is 12.0. The van der Waals surface area contributed by atoms with E-state index in [0.717, 1.165) is 26.1 Å². The summed E-state index contributed by atoms with van der Waals surface area (Å²) in [6, 6.07) is 0. The molecule has 0 fully saturated rings. The minimum absolute atomic E-state index is 0.339. The van der Waals surface area contributed by atoms with Crippen molar-refractivity contribution in [3.05, 3.63) is 0 Å².